The Bertz CT molecular complexity index is 615. The van der Waals surface area contributed by atoms with Gasteiger partial charge in [0.15, 0.2) is 0 Å². The maximum atomic E-state index is 12.8. The molecule has 2 aromatic carbocycles. The minimum absolute atomic E-state index is 0.510. The van der Waals surface area contributed by atoms with E-state index in [1.807, 2.05) is 6.92 Å². The first-order valence-corrected chi connectivity index (χ1v) is 6.10. The number of benzene rings is 2. The Labute approximate surface area is 114 Å². The van der Waals surface area contributed by atoms with Crippen molar-refractivity contribution in [1.29, 1.82) is 0 Å². The van der Waals surface area contributed by atoms with E-state index >= 15 is 0 Å². The highest BCUT2D eigenvalue weighted by Gasteiger charge is 2.31. The highest BCUT2D eigenvalue weighted by molar-refractivity contribution is 6.30. The molecule has 0 aliphatic heterocycles. The molecule has 100 valence electrons. The van der Waals surface area contributed by atoms with Crippen molar-refractivity contribution in [2.45, 2.75) is 20.0 Å². The molecule has 0 saturated heterocycles. The second-order valence-corrected chi connectivity index (χ2v) is 4.98. The molecule has 0 heterocycles. The molecule has 0 amide bonds. The molecule has 0 N–H and O–H groups in total. The predicted molar refractivity (Wildman–Crippen MR) is 71.4 cm³/mol. The molecule has 0 unspecified atom stereocenters. The molecule has 0 spiro atoms. The fourth-order valence-corrected chi connectivity index (χ4v) is 2.18. The maximum Gasteiger partial charge on any atom is 0.416 e. The molecule has 0 saturated carbocycles. The van der Waals surface area contributed by atoms with Gasteiger partial charge in [-0.15, -0.1) is 0 Å². The third-order valence-electron chi connectivity index (χ3n) is 2.92. The summed E-state index contributed by atoms with van der Waals surface area (Å²) in [5, 5.41) is 0.510. The molecular formula is C15H12ClF3. The van der Waals surface area contributed by atoms with Crippen LogP contribution >= 0.6 is 11.6 Å². The zero-order valence-corrected chi connectivity index (χ0v) is 11.2. The topological polar surface area (TPSA) is 0 Å². The van der Waals surface area contributed by atoms with Gasteiger partial charge in [-0.05, 0) is 60.4 Å². The van der Waals surface area contributed by atoms with Gasteiger partial charge in [-0.25, -0.2) is 0 Å². The average Bonchev–Trinajstić information content (AvgIpc) is 2.30. The molecule has 0 aromatic heterocycles. The smallest absolute Gasteiger partial charge is 0.166 e. The monoisotopic (exact) mass is 284 g/mol. The lowest BCUT2D eigenvalue weighted by Crippen LogP contribution is -2.05. The summed E-state index contributed by atoms with van der Waals surface area (Å²) in [6.45, 7) is 3.50. The molecule has 0 fully saturated rings. The van der Waals surface area contributed by atoms with Crippen LogP contribution < -0.4 is 0 Å². The first-order chi connectivity index (χ1) is 8.77. The Morgan fingerprint density at radius 1 is 0.947 bits per heavy atom. The van der Waals surface area contributed by atoms with Gasteiger partial charge < -0.3 is 0 Å². The number of hydrogen-bond donors (Lipinski definition) is 0. The number of hydrogen-bond acceptors (Lipinski definition) is 0. The Morgan fingerprint density at radius 2 is 1.63 bits per heavy atom. The van der Waals surface area contributed by atoms with Crippen LogP contribution in [-0.2, 0) is 6.18 Å². The van der Waals surface area contributed by atoms with E-state index in [2.05, 4.69) is 0 Å². The number of aryl methyl sites for hydroxylation is 2. The van der Waals surface area contributed by atoms with Crippen molar-refractivity contribution in [3.63, 3.8) is 0 Å². The average molecular weight is 285 g/mol. The molecule has 0 nitrogen and oxygen atoms in total. The maximum absolute atomic E-state index is 12.8. The minimum Gasteiger partial charge on any atom is -0.166 e. The van der Waals surface area contributed by atoms with Crippen LogP contribution in [0.1, 0.15) is 16.7 Å². The van der Waals surface area contributed by atoms with Gasteiger partial charge in [-0.3, -0.25) is 0 Å². The van der Waals surface area contributed by atoms with Gasteiger partial charge in [0.25, 0.3) is 0 Å². The first-order valence-electron chi connectivity index (χ1n) is 5.73. The molecule has 4 heteroatoms. The number of rotatable bonds is 1. The summed E-state index contributed by atoms with van der Waals surface area (Å²) in [6.07, 6.45) is -4.34. The Morgan fingerprint density at radius 3 is 2.26 bits per heavy atom. The van der Waals surface area contributed by atoms with Crippen molar-refractivity contribution >= 4 is 11.6 Å². The van der Waals surface area contributed by atoms with Crippen LogP contribution in [0.4, 0.5) is 13.2 Å². The van der Waals surface area contributed by atoms with Crippen molar-refractivity contribution in [2.75, 3.05) is 0 Å². The molecule has 0 bridgehead atoms. The highest BCUT2D eigenvalue weighted by atomic mass is 35.5. The van der Waals surface area contributed by atoms with E-state index in [0.29, 0.717) is 16.1 Å². The summed E-state index contributed by atoms with van der Waals surface area (Å²) in [6, 6.07) is 9.24. The van der Waals surface area contributed by atoms with Crippen molar-refractivity contribution in [3.05, 3.63) is 58.1 Å². The third kappa shape index (κ3) is 3.10. The zero-order chi connectivity index (χ0) is 14.2. The molecule has 0 atom stereocenters. The van der Waals surface area contributed by atoms with Gasteiger partial charge in [-0.2, -0.15) is 13.2 Å². The fraction of sp³-hybridized carbons (Fsp3) is 0.200. The van der Waals surface area contributed by atoms with E-state index in [1.165, 1.54) is 0 Å². The lowest BCUT2D eigenvalue weighted by molar-refractivity contribution is -0.137. The van der Waals surface area contributed by atoms with Gasteiger partial charge in [-0.1, -0.05) is 23.7 Å². The van der Waals surface area contributed by atoms with E-state index in [9.17, 15) is 13.2 Å². The second-order valence-electron chi connectivity index (χ2n) is 4.54. The molecule has 0 radical (unpaired) electrons. The summed E-state index contributed by atoms with van der Waals surface area (Å²) in [5.74, 6) is 0. The standard InChI is InChI=1S/C15H12ClF3/c1-9-5-11(7-12(6-9)15(17,18)19)14-8-13(16)4-3-10(14)2/h3-8H,1-2H3. The van der Waals surface area contributed by atoms with Crippen LogP contribution in [0.3, 0.4) is 0 Å². The van der Waals surface area contributed by atoms with Crippen LogP contribution in [0.2, 0.25) is 5.02 Å². The van der Waals surface area contributed by atoms with E-state index < -0.39 is 11.7 Å². The fourth-order valence-electron chi connectivity index (χ4n) is 2.01. The van der Waals surface area contributed by atoms with Crippen LogP contribution in [0.15, 0.2) is 36.4 Å². The lowest BCUT2D eigenvalue weighted by atomic mass is 9.97. The van der Waals surface area contributed by atoms with Crippen LogP contribution in [0.5, 0.6) is 0 Å². The molecule has 19 heavy (non-hydrogen) atoms. The first kappa shape index (κ1) is 13.9. The van der Waals surface area contributed by atoms with Gasteiger partial charge in [0, 0.05) is 5.02 Å². The van der Waals surface area contributed by atoms with Crippen molar-refractivity contribution in [1.82, 2.24) is 0 Å². The zero-order valence-electron chi connectivity index (χ0n) is 10.5. The molecule has 2 rings (SSSR count). The van der Waals surface area contributed by atoms with Gasteiger partial charge in [0.05, 0.1) is 5.56 Å². The third-order valence-corrected chi connectivity index (χ3v) is 3.15. The lowest BCUT2D eigenvalue weighted by Gasteiger charge is -2.12. The van der Waals surface area contributed by atoms with Crippen molar-refractivity contribution in [2.24, 2.45) is 0 Å². The van der Waals surface area contributed by atoms with E-state index in [0.717, 1.165) is 23.3 Å². The highest BCUT2D eigenvalue weighted by Crippen LogP contribution is 2.34. The Kier molecular flexibility index (Phi) is 3.59. The van der Waals surface area contributed by atoms with Crippen LogP contribution in [-0.4, -0.2) is 0 Å². The molecular weight excluding hydrogens is 273 g/mol. The molecule has 2 aromatic rings. The van der Waals surface area contributed by atoms with Crippen LogP contribution in [0.25, 0.3) is 11.1 Å². The summed E-state index contributed by atoms with van der Waals surface area (Å²) in [4.78, 5) is 0. The summed E-state index contributed by atoms with van der Waals surface area (Å²) >= 11 is 5.91. The van der Waals surface area contributed by atoms with Gasteiger partial charge >= 0.3 is 6.18 Å². The van der Waals surface area contributed by atoms with Gasteiger partial charge in [0.1, 0.15) is 0 Å². The summed E-state index contributed by atoms with van der Waals surface area (Å²) < 4.78 is 38.5. The van der Waals surface area contributed by atoms with E-state index in [4.69, 9.17) is 11.6 Å². The normalized spacial score (nSPS) is 11.7. The van der Waals surface area contributed by atoms with E-state index in [1.54, 1.807) is 31.2 Å². The van der Waals surface area contributed by atoms with E-state index in [-0.39, 0.29) is 0 Å². The SMILES string of the molecule is Cc1cc(-c2cc(Cl)ccc2C)cc(C(F)(F)F)c1. The minimum atomic E-state index is -4.34. The van der Waals surface area contributed by atoms with Crippen molar-refractivity contribution in [3.8, 4) is 11.1 Å². The molecule has 0 aliphatic rings. The Hall–Kier alpha value is -1.48. The molecule has 0 aliphatic carbocycles. The second kappa shape index (κ2) is 4.89. The predicted octanol–water partition coefficient (Wildman–Crippen LogP) is 5.64. The quantitative estimate of drug-likeness (QED) is 0.635. The Balaban J connectivity index is 2.63. The van der Waals surface area contributed by atoms with Gasteiger partial charge in [0.2, 0.25) is 0 Å². The van der Waals surface area contributed by atoms with Crippen molar-refractivity contribution < 1.29 is 13.2 Å². The number of halogens is 4. The number of alkyl halides is 3. The summed E-state index contributed by atoms with van der Waals surface area (Å²) in [5.41, 5.74) is 2.09. The summed E-state index contributed by atoms with van der Waals surface area (Å²) in [7, 11) is 0. The largest absolute Gasteiger partial charge is 0.416 e. The van der Waals surface area contributed by atoms with Crippen LogP contribution in [0, 0.1) is 13.8 Å².